The van der Waals surface area contributed by atoms with Gasteiger partial charge in [0, 0.05) is 4.90 Å². The summed E-state index contributed by atoms with van der Waals surface area (Å²) in [6.07, 6.45) is 0. The summed E-state index contributed by atoms with van der Waals surface area (Å²) in [6, 6.07) is 5.75. The number of carbonyl (C=O) groups is 2. The molecule has 0 radical (unpaired) electrons. The lowest BCUT2D eigenvalue weighted by molar-refractivity contribution is -0.121. The molecule has 0 aromatic heterocycles. The maximum absolute atomic E-state index is 12.2. The molecule has 1 aromatic rings. The van der Waals surface area contributed by atoms with E-state index in [0.29, 0.717) is 0 Å². The summed E-state index contributed by atoms with van der Waals surface area (Å²) in [5.74, 6) is -4.30. The molecule has 0 unspecified atom stereocenters. The summed E-state index contributed by atoms with van der Waals surface area (Å²) in [4.78, 5) is 22.0. The first-order valence-corrected chi connectivity index (χ1v) is 5.38. The lowest BCUT2D eigenvalue weighted by Crippen LogP contribution is -2.21. The summed E-state index contributed by atoms with van der Waals surface area (Å²) < 4.78 is 29.0. The third-order valence-electron chi connectivity index (χ3n) is 1.67. The van der Waals surface area contributed by atoms with Crippen molar-refractivity contribution < 1.29 is 23.1 Å². The molecule has 0 fully saturated rings. The van der Waals surface area contributed by atoms with Gasteiger partial charge in [0.1, 0.15) is 0 Å². The summed E-state index contributed by atoms with van der Waals surface area (Å²) >= 11 is 0.237. The number of amides is 1. The number of primary amides is 1. The van der Waals surface area contributed by atoms with Crippen molar-refractivity contribution in [2.45, 2.75) is 10.7 Å². The average Bonchev–Trinajstić information content (AvgIpc) is 2.25. The Morgan fingerprint density at radius 2 is 2.00 bits per heavy atom. The number of alkyl halides is 2. The summed E-state index contributed by atoms with van der Waals surface area (Å²) in [6.45, 7) is -0.577. The molecule has 0 aliphatic carbocycles. The lowest BCUT2D eigenvalue weighted by Gasteiger charge is -2.07. The van der Waals surface area contributed by atoms with Crippen LogP contribution in [0.25, 0.3) is 0 Å². The number of thioether (sulfide) groups is 1. The van der Waals surface area contributed by atoms with Crippen LogP contribution in [0.3, 0.4) is 0 Å². The van der Waals surface area contributed by atoms with E-state index in [1.807, 2.05) is 0 Å². The van der Waals surface area contributed by atoms with Crippen LogP contribution in [0.15, 0.2) is 29.2 Å². The van der Waals surface area contributed by atoms with E-state index in [0.717, 1.165) is 0 Å². The van der Waals surface area contributed by atoms with Crippen molar-refractivity contribution in [2.75, 3.05) is 6.61 Å². The Morgan fingerprint density at radius 1 is 1.35 bits per heavy atom. The van der Waals surface area contributed by atoms with E-state index in [4.69, 9.17) is 5.73 Å². The molecule has 2 N–H and O–H groups in total. The van der Waals surface area contributed by atoms with Crippen LogP contribution >= 0.6 is 11.8 Å². The first-order chi connectivity index (χ1) is 8.00. The zero-order chi connectivity index (χ0) is 12.8. The van der Waals surface area contributed by atoms with E-state index in [-0.39, 0.29) is 22.2 Å². The Kier molecular flexibility index (Phi) is 4.89. The normalized spacial score (nSPS) is 10.3. The van der Waals surface area contributed by atoms with E-state index in [1.54, 1.807) is 0 Å². The topological polar surface area (TPSA) is 69.4 Å². The third-order valence-corrected chi connectivity index (χ3v) is 2.46. The Bertz CT molecular complexity index is 426. The minimum Gasteiger partial charge on any atom is -0.452 e. The van der Waals surface area contributed by atoms with Crippen molar-refractivity contribution in [3.63, 3.8) is 0 Å². The number of carbonyl (C=O) groups excluding carboxylic acids is 2. The molecule has 0 saturated carbocycles. The van der Waals surface area contributed by atoms with Gasteiger partial charge in [-0.15, -0.1) is 0 Å². The van der Waals surface area contributed by atoms with Crippen LogP contribution in [0, 0.1) is 0 Å². The Balaban J connectivity index is 2.81. The number of nitrogens with two attached hydrogens (primary N) is 1. The number of hydrogen-bond acceptors (Lipinski definition) is 4. The number of ether oxygens (including phenoxy) is 1. The van der Waals surface area contributed by atoms with E-state index in [2.05, 4.69) is 4.74 Å². The summed E-state index contributed by atoms with van der Waals surface area (Å²) in [7, 11) is 0. The zero-order valence-electron chi connectivity index (χ0n) is 8.56. The van der Waals surface area contributed by atoms with Gasteiger partial charge in [0.2, 0.25) is 0 Å². The van der Waals surface area contributed by atoms with Gasteiger partial charge in [-0.1, -0.05) is 23.9 Å². The third kappa shape index (κ3) is 4.39. The van der Waals surface area contributed by atoms with E-state index < -0.39 is 24.2 Å². The van der Waals surface area contributed by atoms with E-state index >= 15 is 0 Å². The molecule has 0 aliphatic heterocycles. The largest absolute Gasteiger partial charge is 0.452 e. The smallest absolute Gasteiger partial charge is 0.339 e. The maximum Gasteiger partial charge on any atom is 0.339 e. The van der Waals surface area contributed by atoms with E-state index in [1.165, 1.54) is 24.3 Å². The minimum absolute atomic E-state index is 0.0148. The molecule has 0 atom stereocenters. The maximum atomic E-state index is 12.2. The van der Waals surface area contributed by atoms with Gasteiger partial charge < -0.3 is 10.5 Å². The molecule has 7 heteroatoms. The summed E-state index contributed by atoms with van der Waals surface area (Å²) in [5.41, 5.74) is 4.78. The molecule has 0 heterocycles. The van der Waals surface area contributed by atoms with Crippen LogP contribution in [0.4, 0.5) is 8.78 Å². The molecule has 0 spiro atoms. The van der Waals surface area contributed by atoms with Gasteiger partial charge in [-0.2, -0.15) is 8.78 Å². The Hall–Kier alpha value is -1.63. The summed E-state index contributed by atoms with van der Waals surface area (Å²) in [5, 5.41) is 0. The van der Waals surface area contributed by atoms with Crippen molar-refractivity contribution >= 4 is 23.6 Å². The van der Waals surface area contributed by atoms with Crippen molar-refractivity contribution in [2.24, 2.45) is 5.73 Å². The van der Waals surface area contributed by atoms with Gasteiger partial charge in [0.15, 0.2) is 6.61 Å². The van der Waals surface area contributed by atoms with Crippen LogP contribution in [0.1, 0.15) is 10.4 Å². The highest BCUT2D eigenvalue weighted by Crippen LogP contribution is 2.28. The van der Waals surface area contributed by atoms with Crippen LogP contribution in [-0.4, -0.2) is 24.2 Å². The van der Waals surface area contributed by atoms with Gasteiger partial charge in [-0.3, -0.25) is 4.79 Å². The van der Waals surface area contributed by atoms with Crippen molar-refractivity contribution in [3.8, 4) is 0 Å². The second-order valence-corrected chi connectivity index (χ2v) is 3.95. The zero-order valence-corrected chi connectivity index (χ0v) is 9.38. The van der Waals surface area contributed by atoms with Gasteiger partial charge in [0.05, 0.1) is 5.56 Å². The Morgan fingerprint density at radius 3 is 2.59 bits per heavy atom. The van der Waals surface area contributed by atoms with Gasteiger partial charge in [-0.25, -0.2) is 4.79 Å². The molecule has 1 aromatic carbocycles. The van der Waals surface area contributed by atoms with Crippen LogP contribution in [-0.2, 0) is 9.53 Å². The molecule has 92 valence electrons. The van der Waals surface area contributed by atoms with Crippen molar-refractivity contribution in [3.05, 3.63) is 29.8 Å². The van der Waals surface area contributed by atoms with Crippen LogP contribution in [0.2, 0.25) is 0 Å². The molecule has 0 saturated heterocycles. The first kappa shape index (κ1) is 13.4. The highest BCUT2D eigenvalue weighted by Gasteiger charge is 2.16. The van der Waals surface area contributed by atoms with Crippen molar-refractivity contribution in [1.29, 1.82) is 0 Å². The Labute approximate surface area is 100 Å². The SMILES string of the molecule is NC(=O)COC(=O)c1ccccc1SC(F)F. The van der Waals surface area contributed by atoms with Gasteiger partial charge >= 0.3 is 5.97 Å². The predicted octanol–water partition coefficient (Wildman–Crippen LogP) is 1.64. The number of hydrogen-bond donors (Lipinski definition) is 1. The predicted molar refractivity (Wildman–Crippen MR) is 57.8 cm³/mol. The number of benzene rings is 1. The highest BCUT2D eigenvalue weighted by molar-refractivity contribution is 7.99. The molecule has 1 rings (SSSR count). The lowest BCUT2D eigenvalue weighted by atomic mass is 10.2. The molecule has 0 aliphatic rings. The molecular weight excluding hydrogens is 252 g/mol. The second-order valence-electron chi connectivity index (χ2n) is 2.92. The van der Waals surface area contributed by atoms with Gasteiger partial charge in [0.25, 0.3) is 11.7 Å². The number of esters is 1. The molecule has 17 heavy (non-hydrogen) atoms. The molecule has 4 nitrogen and oxygen atoms in total. The molecule has 0 bridgehead atoms. The van der Waals surface area contributed by atoms with E-state index in [9.17, 15) is 18.4 Å². The van der Waals surface area contributed by atoms with Crippen LogP contribution < -0.4 is 5.73 Å². The first-order valence-electron chi connectivity index (χ1n) is 4.50. The quantitative estimate of drug-likeness (QED) is 0.646. The second kappa shape index (κ2) is 6.19. The fourth-order valence-corrected chi connectivity index (χ4v) is 1.68. The standard InChI is InChI=1S/C10H9F2NO3S/c11-10(12)17-7-4-2-1-3-6(7)9(15)16-5-8(13)14/h1-4,10H,5H2,(H2,13,14). The minimum atomic E-state index is -2.64. The average molecular weight is 261 g/mol. The van der Waals surface area contributed by atoms with Crippen molar-refractivity contribution in [1.82, 2.24) is 0 Å². The number of halogens is 2. The van der Waals surface area contributed by atoms with Crippen LogP contribution in [0.5, 0.6) is 0 Å². The highest BCUT2D eigenvalue weighted by atomic mass is 32.2. The molecule has 1 amide bonds. The molecular formula is C10H9F2NO3S. The fourth-order valence-electron chi connectivity index (χ4n) is 1.05. The fraction of sp³-hybridized carbons (Fsp3) is 0.200. The number of rotatable bonds is 5. The monoisotopic (exact) mass is 261 g/mol. The van der Waals surface area contributed by atoms with Gasteiger partial charge in [-0.05, 0) is 12.1 Å².